The molecule has 1 aromatic carbocycles. The lowest BCUT2D eigenvalue weighted by Gasteiger charge is -2.30. The molecule has 0 spiro atoms. The number of alkyl carbamates (subject to hydrolysis) is 1. The van der Waals surface area contributed by atoms with E-state index in [4.69, 9.17) is 14.0 Å². The molecule has 1 unspecified atom stereocenters. The van der Waals surface area contributed by atoms with Gasteiger partial charge < -0.3 is 24.4 Å². The number of aliphatic hydroxyl groups is 1. The van der Waals surface area contributed by atoms with Gasteiger partial charge >= 0.3 is 6.09 Å². The Bertz CT molecular complexity index is 1260. The number of nitrogens with one attached hydrogen (secondary N) is 1. The number of aromatic nitrogens is 1. The molecule has 0 saturated carbocycles. The highest BCUT2D eigenvalue weighted by atomic mass is 32.2. The maximum Gasteiger partial charge on any atom is 0.407 e. The van der Waals surface area contributed by atoms with E-state index < -0.39 is 28.3 Å². The summed E-state index contributed by atoms with van der Waals surface area (Å²) in [6.07, 6.45) is 0.107. The lowest BCUT2D eigenvalue weighted by molar-refractivity contribution is 0.0644. The first-order valence-corrected chi connectivity index (χ1v) is 14.8. The van der Waals surface area contributed by atoms with Crippen molar-refractivity contribution in [2.24, 2.45) is 5.92 Å². The number of aliphatic hydroxyl groups excluding tert-OH is 1. The van der Waals surface area contributed by atoms with Crippen molar-refractivity contribution in [2.75, 3.05) is 26.3 Å². The third-order valence-electron chi connectivity index (χ3n) is 6.05. The predicted molar refractivity (Wildman–Crippen MR) is 142 cm³/mol. The van der Waals surface area contributed by atoms with E-state index in [1.165, 1.54) is 16.6 Å². The minimum absolute atomic E-state index is 0.000174. The van der Waals surface area contributed by atoms with Crippen molar-refractivity contribution >= 4 is 27.5 Å². The highest BCUT2D eigenvalue weighted by molar-refractivity contribution is 7.91. The highest BCUT2D eigenvalue weighted by Crippen LogP contribution is 2.32. The van der Waals surface area contributed by atoms with Crippen LogP contribution in [-0.4, -0.2) is 73.6 Å². The van der Waals surface area contributed by atoms with E-state index in [0.29, 0.717) is 36.6 Å². The van der Waals surface area contributed by atoms with E-state index in [2.05, 4.69) is 10.5 Å². The average Bonchev–Trinajstić information content (AvgIpc) is 3.66. The van der Waals surface area contributed by atoms with Crippen LogP contribution in [0.1, 0.15) is 25.8 Å². The van der Waals surface area contributed by atoms with E-state index >= 15 is 0 Å². The van der Waals surface area contributed by atoms with Crippen LogP contribution in [0.2, 0.25) is 0 Å². The number of carbonyl (C=O) groups excluding carboxylic acids is 1. The van der Waals surface area contributed by atoms with Crippen LogP contribution >= 0.6 is 11.3 Å². The molecule has 0 bridgehead atoms. The molecule has 10 nitrogen and oxygen atoms in total. The molecule has 1 fully saturated rings. The van der Waals surface area contributed by atoms with Gasteiger partial charge in [-0.1, -0.05) is 49.3 Å². The highest BCUT2D eigenvalue weighted by Gasteiger charge is 2.33. The largest absolute Gasteiger partial charge is 0.444 e. The summed E-state index contributed by atoms with van der Waals surface area (Å²) in [4.78, 5) is 13.3. The summed E-state index contributed by atoms with van der Waals surface area (Å²) in [6, 6.07) is 13.5. The number of ether oxygens (including phenoxy) is 2. The first kappa shape index (κ1) is 28.2. The zero-order chi connectivity index (χ0) is 27.1. The molecule has 3 atom stereocenters. The van der Waals surface area contributed by atoms with E-state index in [1.807, 2.05) is 44.2 Å². The SMILES string of the molecule is CC(C)CN(C[C@H](O)C(Cc1ccccc1)NC(=O)O[C@H]1CCOC1)S(=O)(=O)c1ccc(-c2ccon2)s1. The molecule has 1 saturated heterocycles. The molecule has 1 aliphatic heterocycles. The molecule has 2 aromatic heterocycles. The summed E-state index contributed by atoms with van der Waals surface area (Å²) >= 11 is 1.08. The molecule has 12 heteroatoms. The maximum absolute atomic E-state index is 13.7. The molecule has 2 N–H and O–H groups in total. The second-order valence-electron chi connectivity index (χ2n) is 9.62. The minimum atomic E-state index is -3.94. The molecule has 206 valence electrons. The summed E-state index contributed by atoms with van der Waals surface area (Å²) in [5, 5.41) is 17.9. The van der Waals surface area contributed by atoms with Gasteiger partial charge in [-0.2, -0.15) is 4.31 Å². The van der Waals surface area contributed by atoms with Gasteiger partial charge in [0.2, 0.25) is 0 Å². The zero-order valence-corrected chi connectivity index (χ0v) is 23.0. The van der Waals surface area contributed by atoms with Gasteiger partial charge in [0.25, 0.3) is 10.0 Å². The van der Waals surface area contributed by atoms with Crippen molar-refractivity contribution in [1.29, 1.82) is 0 Å². The van der Waals surface area contributed by atoms with E-state index in [0.717, 1.165) is 16.9 Å². The van der Waals surface area contributed by atoms with Crippen molar-refractivity contribution in [2.45, 2.75) is 49.1 Å². The third-order valence-corrected chi connectivity index (χ3v) is 9.46. The topological polar surface area (TPSA) is 131 Å². The zero-order valence-electron chi connectivity index (χ0n) is 21.4. The Morgan fingerprint density at radius 2 is 2.00 bits per heavy atom. The van der Waals surface area contributed by atoms with Crippen LogP contribution in [0.4, 0.5) is 4.79 Å². The van der Waals surface area contributed by atoms with E-state index in [-0.39, 0.29) is 29.3 Å². The van der Waals surface area contributed by atoms with Gasteiger partial charge in [0, 0.05) is 25.6 Å². The van der Waals surface area contributed by atoms with Gasteiger partial charge in [-0.3, -0.25) is 0 Å². The average molecular weight is 564 g/mol. The molecular weight excluding hydrogens is 530 g/mol. The second kappa shape index (κ2) is 12.9. The first-order valence-electron chi connectivity index (χ1n) is 12.5. The van der Waals surface area contributed by atoms with Crippen molar-refractivity contribution in [3.05, 3.63) is 60.4 Å². The first-order chi connectivity index (χ1) is 18.2. The summed E-state index contributed by atoms with van der Waals surface area (Å²) in [5.41, 5.74) is 1.43. The monoisotopic (exact) mass is 563 g/mol. The summed E-state index contributed by atoms with van der Waals surface area (Å²) in [7, 11) is -3.94. The molecule has 4 rings (SSSR count). The second-order valence-corrected chi connectivity index (χ2v) is 12.9. The van der Waals surface area contributed by atoms with Crippen molar-refractivity contribution < 1.29 is 32.3 Å². The Morgan fingerprint density at radius 3 is 2.66 bits per heavy atom. The van der Waals surface area contributed by atoms with Crippen LogP contribution in [0.5, 0.6) is 0 Å². The number of benzene rings is 1. The number of carbonyl (C=O) groups is 1. The fourth-order valence-electron chi connectivity index (χ4n) is 4.17. The van der Waals surface area contributed by atoms with Gasteiger partial charge in [-0.05, 0) is 30.0 Å². The predicted octanol–water partition coefficient (Wildman–Crippen LogP) is 3.54. The summed E-state index contributed by atoms with van der Waals surface area (Å²) in [6.45, 7) is 4.66. The third kappa shape index (κ3) is 7.41. The van der Waals surface area contributed by atoms with Gasteiger partial charge in [0.15, 0.2) is 0 Å². The number of nitrogens with zero attached hydrogens (tertiary/aromatic N) is 2. The summed E-state index contributed by atoms with van der Waals surface area (Å²) in [5.74, 6) is -0.000174. The van der Waals surface area contributed by atoms with Gasteiger partial charge in [0.1, 0.15) is 22.3 Å². The Labute approximate surface area is 226 Å². The van der Waals surface area contributed by atoms with Crippen molar-refractivity contribution in [3.63, 3.8) is 0 Å². The standard InChI is InChI=1S/C26H33N3O7S2/c1-18(2)15-29(38(32,33)25-9-8-24(37-25)21-11-13-35-28-21)16-23(30)22(14-19-6-4-3-5-7-19)27-26(31)36-20-10-12-34-17-20/h3-9,11,13,18,20,22-23,30H,10,12,14-17H2,1-2H3,(H,27,31)/t20-,22?,23-/m0/s1. The molecule has 3 aromatic rings. The Morgan fingerprint density at radius 1 is 1.21 bits per heavy atom. The number of hydrogen-bond acceptors (Lipinski definition) is 9. The van der Waals surface area contributed by atoms with Gasteiger partial charge in [0.05, 0.1) is 30.2 Å². The Balaban J connectivity index is 1.53. The number of rotatable bonds is 12. The molecule has 1 aliphatic rings. The van der Waals surface area contributed by atoms with Crippen LogP contribution in [0, 0.1) is 5.92 Å². The molecule has 0 aliphatic carbocycles. The van der Waals surface area contributed by atoms with Gasteiger partial charge in [-0.25, -0.2) is 13.2 Å². The van der Waals surface area contributed by atoms with Crippen LogP contribution < -0.4 is 5.32 Å². The van der Waals surface area contributed by atoms with Crippen molar-refractivity contribution in [1.82, 2.24) is 14.8 Å². The van der Waals surface area contributed by atoms with Crippen molar-refractivity contribution in [3.8, 4) is 10.6 Å². The lowest BCUT2D eigenvalue weighted by Crippen LogP contribution is -2.51. The number of amides is 1. The van der Waals surface area contributed by atoms with Crippen LogP contribution in [0.3, 0.4) is 0 Å². The fraction of sp³-hybridized carbons (Fsp3) is 0.462. The maximum atomic E-state index is 13.7. The van der Waals surface area contributed by atoms with E-state index in [9.17, 15) is 18.3 Å². The lowest BCUT2D eigenvalue weighted by atomic mass is 10.0. The summed E-state index contributed by atoms with van der Waals surface area (Å²) < 4.78 is 44.3. The van der Waals surface area contributed by atoms with E-state index in [1.54, 1.807) is 12.1 Å². The minimum Gasteiger partial charge on any atom is -0.444 e. The molecular formula is C26H33N3O7S2. The Kier molecular flexibility index (Phi) is 9.55. The van der Waals surface area contributed by atoms with Crippen LogP contribution in [0.15, 0.2) is 63.5 Å². The fourth-order valence-corrected chi connectivity index (χ4v) is 7.21. The number of thiophene rings is 1. The van der Waals surface area contributed by atoms with Gasteiger partial charge in [-0.15, -0.1) is 11.3 Å². The Hall–Kier alpha value is -2.77. The molecule has 38 heavy (non-hydrogen) atoms. The molecule has 0 radical (unpaired) electrons. The van der Waals surface area contributed by atoms with Crippen LogP contribution in [0.25, 0.3) is 10.6 Å². The molecule has 3 heterocycles. The normalized spacial score (nSPS) is 17.6. The molecule has 1 amide bonds. The quantitative estimate of drug-likeness (QED) is 0.342. The number of sulfonamides is 1. The number of hydrogen-bond donors (Lipinski definition) is 2. The smallest absolute Gasteiger partial charge is 0.407 e. The van der Waals surface area contributed by atoms with Crippen LogP contribution in [-0.2, 0) is 25.9 Å².